The maximum absolute atomic E-state index is 9.72. The van der Waals surface area contributed by atoms with Gasteiger partial charge in [-0.3, -0.25) is 0 Å². The molecule has 0 atom stereocenters. The average Bonchev–Trinajstić information content (AvgIpc) is 2.77. The molecule has 0 unspecified atom stereocenters. The smallest absolute Gasteiger partial charge is 0.545 e. The van der Waals surface area contributed by atoms with Gasteiger partial charge in [0.2, 0.25) is 0 Å². The standard InChI is InChI=1S/3C5H8O2.4CH2O.Fe/c3*1-3-4(2)5(6)7;4*1-2;/h3*2-3H2,1H3,(H,6,7);4*1H2;/q;;;;;;;+3/p-3. The summed E-state index contributed by atoms with van der Waals surface area (Å²) >= 11 is 0. The molecule has 30 heavy (non-hydrogen) atoms. The van der Waals surface area contributed by atoms with Gasteiger partial charge in [-0.15, -0.1) is 0 Å². The van der Waals surface area contributed by atoms with Crippen LogP contribution in [0.25, 0.3) is 0 Å². The molecular weight excluding hydrogens is 444 g/mol. The van der Waals surface area contributed by atoms with Crippen LogP contribution in [0.4, 0.5) is 0 Å². The SMILES string of the molecule is C=C(CC)C(=O)[O-].C=C(CC)C(=O)[O-].C=C(CC)C(=O)[O-].C=O.C=O.C=O.C=O.[Fe+3]. The molecular formula is C19H29FeO10. The second kappa shape index (κ2) is 50.1. The average molecular weight is 473 g/mol. The Bertz CT molecular complexity index is 406. The summed E-state index contributed by atoms with van der Waals surface area (Å²) in [7, 11) is 0. The van der Waals surface area contributed by atoms with Gasteiger partial charge < -0.3 is 48.9 Å². The number of hydrogen-bond acceptors (Lipinski definition) is 10. The van der Waals surface area contributed by atoms with E-state index in [4.69, 9.17) is 19.2 Å². The molecule has 0 amide bonds. The van der Waals surface area contributed by atoms with E-state index in [0.717, 1.165) is 0 Å². The molecule has 0 saturated heterocycles. The van der Waals surface area contributed by atoms with Crippen LogP contribution in [0.2, 0.25) is 0 Å². The van der Waals surface area contributed by atoms with Gasteiger partial charge in [0.1, 0.15) is 27.2 Å². The number of carboxylic acids is 3. The third kappa shape index (κ3) is 64.1. The first-order chi connectivity index (χ1) is 13.5. The largest absolute Gasteiger partial charge is 3.00 e. The minimum Gasteiger partial charge on any atom is -0.545 e. The van der Waals surface area contributed by atoms with E-state index in [2.05, 4.69) is 19.7 Å². The number of carboxylic acid groups (broad SMARTS) is 3. The zero-order chi connectivity index (χ0) is 25.6. The number of carbonyl (C=O) groups excluding carboxylic acids is 7. The summed E-state index contributed by atoms with van der Waals surface area (Å²) in [5.74, 6) is -3.45. The molecule has 0 saturated carbocycles. The van der Waals surface area contributed by atoms with Gasteiger partial charge >= 0.3 is 17.1 Å². The summed E-state index contributed by atoms with van der Waals surface area (Å²) in [5, 5.41) is 29.2. The van der Waals surface area contributed by atoms with Gasteiger partial charge in [0.25, 0.3) is 0 Å². The van der Waals surface area contributed by atoms with Crippen molar-refractivity contribution in [3.63, 3.8) is 0 Å². The van der Waals surface area contributed by atoms with Gasteiger partial charge in [0, 0.05) is 0 Å². The third-order valence-corrected chi connectivity index (χ3v) is 2.15. The molecule has 1 radical (unpaired) electrons. The Hall–Kier alpha value is -3.17. The van der Waals surface area contributed by atoms with Crippen molar-refractivity contribution in [2.45, 2.75) is 40.0 Å². The Morgan fingerprint density at radius 2 is 0.600 bits per heavy atom. The van der Waals surface area contributed by atoms with Crippen molar-refractivity contribution in [3.05, 3.63) is 36.5 Å². The maximum atomic E-state index is 9.72. The fraction of sp³-hybridized carbons (Fsp3) is 0.316. The topological polar surface area (TPSA) is 189 Å². The van der Waals surface area contributed by atoms with Crippen molar-refractivity contribution in [1.82, 2.24) is 0 Å². The minimum absolute atomic E-state index is 0. The summed E-state index contributed by atoms with van der Waals surface area (Å²) in [6.07, 6.45) is 1.38. The molecule has 0 spiro atoms. The molecule has 0 aromatic carbocycles. The predicted octanol–water partition coefficient (Wildman–Crippen LogP) is -1.63. The second-order valence-corrected chi connectivity index (χ2v) is 3.73. The normalized spacial score (nSPS) is 6.23. The van der Waals surface area contributed by atoms with Crippen LogP contribution in [0.1, 0.15) is 40.0 Å². The number of rotatable bonds is 6. The monoisotopic (exact) mass is 473 g/mol. The van der Waals surface area contributed by atoms with E-state index in [-0.39, 0.29) is 33.8 Å². The van der Waals surface area contributed by atoms with E-state index in [1.807, 2.05) is 27.2 Å². The summed E-state index contributed by atoms with van der Waals surface area (Å²) < 4.78 is 0. The minimum atomic E-state index is -1.15. The molecule has 0 aliphatic carbocycles. The Labute approximate surface area is 187 Å². The van der Waals surface area contributed by atoms with E-state index in [1.54, 1.807) is 20.8 Å². The van der Waals surface area contributed by atoms with Crippen LogP contribution in [-0.4, -0.2) is 45.1 Å². The molecule has 173 valence electrons. The molecule has 0 fully saturated rings. The van der Waals surface area contributed by atoms with Crippen molar-refractivity contribution in [1.29, 1.82) is 0 Å². The van der Waals surface area contributed by atoms with Crippen LogP contribution in [-0.2, 0) is 50.6 Å². The first-order valence-corrected chi connectivity index (χ1v) is 7.37. The first-order valence-electron chi connectivity index (χ1n) is 7.37. The molecule has 0 aliphatic rings. The van der Waals surface area contributed by atoms with Crippen LogP contribution in [0.5, 0.6) is 0 Å². The third-order valence-electron chi connectivity index (χ3n) is 2.15. The molecule has 0 heterocycles. The molecule has 0 rings (SSSR count). The quantitative estimate of drug-likeness (QED) is 0.320. The number of aliphatic carboxylic acids is 3. The predicted molar refractivity (Wildman–Crippen MR) is 102 cm³/mol. The van der Waals surface area contributed by atoms with Crippen LogP contribution < -0.4 is 15.3 Å². The van der Waals surface area contributed by atoms with E-state index in [9.17, 15) is 29.7 Å². The van der Waals surface area contributed by atoms with Crippen LogP contribution in [0.3, 0.4) is 0 Å². The molecule has 11 heteroatoms. The van der Waals surface area contributed by atoms with E-state index in [1.165, 1.54) is 0 Å². The summed E-state index contributed by atoms with van der Waals surface area (Å²) in [5.41, 5.74) is 0.458. The molecule has 0 aromatic rings. The zero-order valence-corrected chi connectivity index (χ0v) is 18.6. The molecule has 0 bridgehead atoms. The zero-order valence-electron chi connectivity index (χ0n) is 17.5. The van der Waals surface area contributed by atoms with E-state index in [0.29, 0.717) is 19.3 Å². The van der Waals surface area contributed by atoms with E-state index >= 15 is 0 Å². The fourth-order valence-electron chi connectivity index (χ4n) is 0.433. The Morgan fingerprint density at radius 3 is 0.600 bits per heavy atom. The van der Waals surface area contributed by atoms with Crippen molar-refractivity contribution in [2.24, 2.45) is 0 Å². The van der Waals surface area contributed by atoms with Gasteiger partial charge in [-0.25, -0.2) is 0 Å². The van der Waals surface area contributed by atoms with Gasteiger partial charge in [-0.2, -0.15) is 0 Å². The Kier molecular flexibility index (Phi) is 84.3. The van der Waals surface area contributed by atoms with E-state index < -0.39 is 17.9 Å². The van der Waals surface area contributed by atoms with Gasteiger partial charge in [-0.05, 0) is 36.0 Å². The van der Waals surface area contributed by atoms with Crippen molar-refractivity contribution in [3.8, 4) is 0 Å². The Balaban J connectivity index is -0.0000000339. The van der Waals surface area contributed by atoms with Gasteiger partial charge in [0.05, 0.1) is 17.9 Å². The van der Waals surface area contributed by atoms with Crippen molar-refractivity contribution < 1.29 is 66.0 Å². The van der Waals surface area contributed by atoms with Gasteiger partial charge in [-0.1, -0.05) is 40.5 Å². The summed E-state index contributed by atoms with van der Waals surface area (Å²) in [4.78, 5) is 61.2. The van der Waals surface area contributed by atoms with Crippen LogP contribution in [0, 0.1) is 0 Å². The summed E-state index contributed by atoms with van der Waals surface area (Å²) in [6, 6.07) is 0. The van der Waals surface area contributed by atoms with Crippen molar-refractivity contribution in [2.75, 3.05) is 0 Å². The molecule has 0 aliphatic heterocycles. The molecule has 0 aromatic heterocycles. The Morgan fingerprint density at radius 1 is 0.500 bits per heavy atom. The van der Waals surface area contributed by atoms with Gasteiger partial charge in [0.15, 0.2) is 0 Å². The summed E-state index contributed by atoms with van der Waals surface area (Å²) in [6.45, 7) is 22.8. The fourth-order valence-corrected chi connectivity index (χ4v) is 0.433. The molecule has 10 nitrogen and oxygen atoms in total. The van der Waals surface area contributed by atoms with Crippen LogP contribution >= 0.6 is 0 Å². The first kappa shape index (κ1) is 50.5. The van der Waals surface area contributed by atoms with Crippen molar-refractivity contribution >= 4 is 45.1 Å². The van der Waals surface area contributed by atoms with Crippen LogP contribution in [0.15, 0.2) is 36.5 Å². The second-order valence-electron chi connectivity index (χ2n) is 3.73. The number of hydrogen-bond donors (Lipinski definition) is 0. The molecule has 0 N–H and O–H groups in total. The number of carbonyl (C=O) groups is 7. The maximum Gasteiger partial charge on any atom is 3.00 e.